The SMILES string of the molecule is O=C(O)C1CC(c2cc(Cl)ccc2Cl)=NO1. The highest BCUT2D eigenvalue weighted by Crippen LogP contribution is 2.25. The first-order valence-corrected chi connectivity index (χ1v) is 5.24. The highest BCUT2D eigenvalue weighted by Gasteiger charge is 2.29. The number of carboxylic acids is 1. The van der Waals surface area contributed by atoms with Gasteiger partial charge in [-0.2, -0.15) is 0 Å². The Hall–Kier alpha value is -1.26. The van der Waals surface area contributed by atoms with Gasteiger partial charge in [0.25, 0.3) is 0 Å². The lowest BCUT2D eigenvalue weighted by atomic mass is 10.1. The molecule has 0 bridgehead atoms. The highest BCUT2D eigenvalue weighted by molar-refractivity contribution is 6.36. The van der Waals surface area contributed by atoms with Crippen molar-refractivity contribution in [2.75, 3.05) is 0 Å². The Balaban J connectivity index is 2.27. The number of aliphatic carboxylic acids is 1. The molecule has 0 amide bonds. The van der Waals surface area contributed by atoms with Gasteiger partial charge in [0.15, 0.2) is 0 Å². The van der Waals surface area contributed by atoms with Crippen LogP contribution in [0.15, 0.2) is 23.4 Å². The summed E-state index contributed by atoms with van der Waals surface area (Å²) in [6.45, 7) is 0. The van der Waals surface area contributed by atoms with Crippen LogP contribution in [0.25, 0.3) is 0 Å². The molecule has 1 N–H and O–H groups in total. The second kappa shape index (κ2) is 4.31. The maximum atomic E-state index is 10.7. The molecular weight excluding hydrogens is 253 g/mol. The molecule has 6 heteroatoms. The van der Waals surface area contributed by atoms with Gasteiger partial charge in [0, 0.05) is 22.0 Å². The molecule has 1 aromatic carbocycles. The van der Waals surface area contributed by atoms with Gasteiger partial charge in [0.2, 0.25) is 6.10 Å². The van der Waals surface area contributed by atoms with E-state index in [0.717, 1.165) is 0 Å². The predicted octanol–water partition coefficient (Wildman–Crippen LogP) is 2.57. The van der Waals surface area contributed by atoms with Crippen LogP contribution >= 0.6 is 23.2 Å². The Kier molecular flexibility index (Phi) is 3.03. The molecule has 2 rings (SSSR count). The van der Waals surface area contributed by atoms with Crippen molar-refractivity contribution < 1.29 is 14.7 Å². The minimum absolute atomic E-state index is 0.190. The number of carbonyl (C=O) groups is 1. The molecule has 1 atom stereocenters. The average molecular weight is 260 g/mol. The molecule has 0 radical (unpaired) electrons. The number of nitrogens with zero attached hydrogens (tertiary/aromatic N) is 1. The molecule has 16 heavy (non-hydrogen) atoms. The van der Waals surface area contributed by atoms with E-state index in [-0.39, 0.29) is 6.42 Å². The fourth-order valence-corrected chi connectivity index (χ4v) is 1.79. The van der Waals surface area contributed by atoms with Crippen molar-refractivity contribution in [1.82, 2.24) is 0 Å². The molecule has 0 aromatic heterocycles. The van der Waals surface area contributed by atoms with E-state index in [1.54, 1.807) is 18.2 Å². The van der Waals surface area contributed by atoms with Gasteiger partial charge in [-0.3, -0.25) is 0 Å². The van der Waals surface area contributed by atoms with E-state index >= 15 is 0 Å². The highest BCUT2D eigenvalue weighted by atomic mass is 35.5. The first kappa shape index (κ1) is 11.2. The summed E-state index contributed by atoms with van der Waals surface area (Å²) in [5.74, 6) is -1.04. The second-order valence-corrected chi connectivity index (χ2v) is 4.14. The summed E-state index contributed by atoms with van der Waals surface area (Å²) in [5, 5.41) is 13.4. The van der Waals surface area contributed by atoms with Crippen LogP contribution in [0.2, 0.25) is 10.0 Å². The number of rotatable bonds is 2. The summed E-state index contributed by atoms with van der Waals surface area (Å²) >= 11 is 11.8. The van der Waals surface area contributed by atoms with Crippen LogP contribution in [0.3, 0.4) is 0 Å². The monoisotopic (exact) mass is 259 g/mol. The average Bonchev–Trinajstić information content (AvgIpc) is 2.70. The lowest BCUT2D eigenvalue weighted by Gasteiger charge is -2.03. The van der Waals surface area contributed by atoms with Crippen LogP contribution in [0.5, 0.6) is 0 Å². The van der Waals surface area contributed by atoms with Gasteiger partial charge in [-0.1, -0.05) is 28.4 Å². The molecule has 1 heterocycles. The van der Waals surface area contributed by atoms with Crippen molar-refractivity contribution in [2.45, 2.75) is 12.5 Å². The Bertz CT molecular complexity index is 473. The van der Waals surface area contributed by atoms with E-state index in [0.29, 0.717) is 21.3 Å². The van der Waals surface area contributed by atoms with Gasteiger partial charge in [0.1, 0.15) is 0 Å². The molecule has 1 aliphatic heterocycles. The summed E-state index contributed by atoms with van der Waals surface area (Å²) in [7, 11) is 0. The number of halogens is 2. The number of benzene rings is 1. The lowest BCUT2D eigenvalue weighted by molar-refractivity contribution is -0.148. The van der Waals surface area contributed by atoms with Crippen molar-refractivity contribution in [3.05, 3.63) is 33.8 Å². The van der Waals surface area contributed by atoms with Gasteiger partial charge in [-0.05, 0) is 18.2 Å². The third kappa shape index (κ3) is 2.13. The van der Waals surface area contributed by atoms with Crippen LogP contribution in [0.1, 0.15) is 12.0 Å². The molecule has 1 aromatic rings. The lowest BCUT2D eigenvalue weighted by Crippen LogP contribution is -2.19. The van der Waals surface area contributed by atoms with E-state index in [9.17, 15) is 4.79 Å². The van der Waals surface area contributed by atoms with Crippen LogP contribution in [-0.4, -0.2) is 22.9 Å². The van der Waals surface area contributed by atoms with Crippen molar-refractivity contribution in [1.29, 1.82) is 0 Å². The van der Waals surface area contributed by atoms with Gasteiger partial charge >= 0.3 is 5.97 Å². The topological polar surface area (TPSA) is 58.9 Å². The zero-order chi connectivity index (χ0) is 11.7. The minimum Gasteiger partial charge on any atom is -0.478 e. The molecule has 0 fully saturated rings. The number of carboxylic acid groups (broad SMARTS) is 1. The zero-order valence-electron chi connectivity index (χ0n) is 7.98. The molecule has 1 aliphatic rings. The number of oxime groups is 1. The van der Waals surface area contributed by atoms with Crippen molar-refractivity contribution in [3.8, 4) is 0 Å². The van der Waals surface area contributed by atoms with Crippen LogP contribution in [0.4, 0.5) is 0 Å². The second-order valence-electron chi connectivity index (χ2n) is 3.30. The molecule has 1 unspecified atom stereocenters. The fourth-order valence-electron chi connectivity index (χ4n) is 1.39. The number of hydrogen-bond acceptors (Lipinski definition) is 3. The molecule has 84 valence electrons. The predicted molar refractivity (Wildman–Crippen MR) is 60.1 cm³/mol. The maximum Gasteiger partial charge on any atom is 0.348 e. The fraction of sp³-hybridized carbons (Fsp3) is 0.200. The molecule has 0 aliphatic carbocycles. The Morgan fingerprint density at radius 1 is 1.50 bits per heavy atom. The minimum atomic E-state index is -1.04. The normalized spacial score (nSPS) is 19.1. The van der Waals surface area contributed by atoms with E-state index in [1.165, 1.54) is 0 Å². The Morgan fingerprint density at radius 3 is 2.88 bits per heavy atom. The first-order chi connectivity index (χ1) is 7.58. The standard InChI is InChI=1S/C10H7Cl2NO3/c11-5-1-2-7(12)6(3-5)8-4-9(10(14)15)16-13-8/h1-3,9H,4H2,(H,14,15). The van der Waals surface area contributed by atoms with Crippen LogP contribution in [0, 0.1) is 0 Å². The smallest absolute Gasteiger partial charge is 0.348 e. The van der Waals surface area contributed by atoms with E-state index in [1.807, 2.05) is 0 Å². The summed E-state index contributed by atoms with van der Waals surface area (Å²) < 4.78 is 0. The largest absolute Gasteiger partial charge is 0.478 e. The van der Waals surface area contributed by atoms with Gasteiger partial charge in [-0.25, -0.2) is 4.79 Å². The van der Waals surface area contributed by atoms with E-state index in [4.69, 9.17) is 33.1 Å². The van der Waals surface area contributed by atoms with E-state index < -0.39 is 12.1 Å². The number of hydrogen-bond donors (Lipinski definition) is 1. The maximum absolute atomic E-state index is 10.7. The Morgan fingerprint density at radius 2 is 2.25 bits per heavy atom. The third-order valence-corrected chi connectivity index (χ3v) is 2.75. The summed E-state index contributed by atoms with van der Waals surface area (Å²) in [5.41, 5.74) is 1.11. The third-order valence-electron chi connectivity index (χ3n) is 2.18. The molecule has 0 spiro atoms. The van der Waals surface area contributed by atoms with Gasteiger partial charge in [0.05, 0.1) is 5.71 Å². The molecule has 0 saturated heterocycles. The van der Waals surface area contributed by atoms with Crippen molar-refractivity contribution in [3.63, 3.8) is 0 Å². The summed E-state index contributed by atoms with van der Waals surface area (Å²) in [6.07, 6.45) is -0.750. The van der Waals surface area contributed by atoms with Gasteiger partial charge < -0.3 is 9.94 Å². The Labute approximate surface area is 101 Å². The van der Waals surface area contributed by atoms with Crippen LogP contribution in [-0.2, 0) is 9.63 Å². The molecule has 4 nitrogen and oxygen atoms in total. The summed E-state index contributed by atoms with van der Waals surface area (Å²) in [4.78, 5) is 15.4. The first-order valence-electron chi connectivity index (χ1n) is 4.49. The van der Waals surface area contributed by atoms with Gasteiger partial charge in [-0.15, -0.1) is 0 Å². The molecule has 0 saturated carbocycles. The van der Waals surface area contributed by atoms with E-state index in [2.05, 4.69) is 5.16 Å². The molecular formula is C10H7Cl2NO3. The van der Waals surface area contributed by atoms with Crippen molar-refractivity contribution in [2.24, 2.45) is 5.16 Å². The zero-order valence-corrected chi connectivity index (χ0v) is 9.50. The van der Waals surface area contributed by atoms with Crippen LogP contribution < -0.4 is 0 Å². The summed E-state index contributed by atoms with van der Waals surface area (Å²) in [6, 6.07) is 4.92. The quantitative estimate of drug-likeness (QED) is 0.888. The van der Waals surface area contributed by atoms with Crippen molar-refractivity contribution >= 4 is 34.9 Å².